The van der Waals surface area contributed by atoms with Crippen molar-refractivity contribution in [1.82, 2.24) is 19.6 Å². The quantitative estimate of drug-likeness (QED) is 0.840. The van der Waals surface area contributed by atoms with Crippen molar-refractivity contribution in [2.75, 3.05) is 19.6 Å². The van der Waals surface area contributed by atoms with E-state index in [9.17, 15) is 4.79 Å². The van der Waals surface area contributed by atoms with E-state index in [1.807, 2.05) is 24.9 Å². The van der Waals surface area contributed by atoms with Gasteiger partial charge in [-0.1, -0.05) is 30.3 Å². The van der Waals surface area contributed by atoms with E-state index < -0.39 is 0 Å². The van der Waals surface area contributed by atoms with Crippen LogP contribution >= 0.6 is 0 Å². The molecule has 0 bridgehead atoms. The summed E-state index contributed by atoms with van der Waals surface area (Å²) in [5.41, 5.74) is 2.89. The third-order valence-electron chi connectivity index (χ3n) is 5.29. The number of rotatable bonds is 5. The van der Waals surface area contributed by atoms with Gasteiger partial charge in [0.2, 0.25) is 0 Å². The lowest BCUT2D eigenvalue weighted by atomic mass is 10.1. The van der Waals surface area contributed by atoms with Crippen molar-refractivity contribution in [3.63, 3.8) is 0 Å². The fourth-order valence-electron chi connectivity index (χ4n) is 3.84. The van der Waals surface area contributed by atoms with Gasteiger partial charge in [-0.25, -0.2) is 0 Å². The second-order valence-electron chi connectivity index (χ2n) is 6.91. The Hall–Kier alpha value is -2.14. The Labute approximate surface area is 150 Å². The molecule has 5 heteroatoms. The number of amides is 1. The Morgan fingerprint density at radius 2 is 2.08 bits per heavy atom. The van der Waals surface area contributed by atoms with Gasteiger partial charge in [-0.3, -0.25) is 14.4 Å². The highest BCUT2D eigenvalue weighted by Gasteiger charge is 2.33. The average Bonchev–Trinajstić information content (AvgIpc) is 3.22. The fourth-order valence-corrected chi connectivity index (χ4v) is 3.84. The van der Waals surface area contributed by atoms with Gasteiger partial charge < -0.3 is 4.90 Å². The van der Waals surface area contributed by atoms with Crippen LogP contribution in [-0.2, 0) is 7.05 Å². The summed E-state index contributed by atoms with van der Waals surface area (Å²) in [6, 6.07) is 13.1. The second kappa shape index (κ2) is 7.40. The monoisotopic (exact) mass is 340 g/mol. The van der Waals surface area contributed by atoms with Crippen LogP contribution in [-0.4, -0.2) is 51.2 Å². The number of nitrogens with zero attached hydrogens (tertiary/aromatic N) is 4. The maximum absolute atomic E-state index is 13.0. The van der Waals surface area contributed by atoms with Gasteiger partial charge >= 0.3 is 0 Å². The largest absolute Gasteiger partial charge is 0.333 e. The minimum atomic E-state index is 0.0878. The highest BCUT2D eigenvalue weighted by Crippen LogP contribution is 2.27. The lowest BCUT2D eigenvalue weighted by Gasteiger charge is -2.29. The predicted octanol–water partition coefficient (Wildman–Crippen LogP) is 3.03. The summed E-state index contributed by atoms with van der Waals surface area (Å²) < 4.78 is 1.69. The third kappa shape index (κ3) is 3.61. The van der Waals surface area contributed by atoms with E-state index in [1.54, 1.807) is 4.68 Å². The maximum atomic E-state index is 13.0. The number of benzene rings is 1. The van der Waals surface area contributed by atoms with Crippen molar-refractivity contribution in [2.45, 2.75) is 39.3 Å². The van der Waals surface area contributed by atoms with Gasteiger partial charge in [0.05, 0.1) is 5.69 Å². The summed E-state index contributed by atoms with van der Waals surface area (Å²) in [6.07, 6.45) is 1.02. The molecule has 1 saturated heterocycles. The molecule has 0 N–H and O–H groups in total. The Balaban J connectivity index is 1.71. The van der Waals surface area contributed by atoms with E-state index in [0.717, 1.165) is 31.7 Å². The van der Waals surface area contributed by atoms with E-state index >= 15 is 0 Å². The van der Waals surface area contributed by atoms with Gasteiger partial charge in [-0.2, -0.15) is 5.10 Å². The number of likely N-dealkylation sites (tertiary alicyclic amines) is 1. The van der Waals surface area contributed by atoms with E-state index in [4.69, 9.17) is 0 Å². The number of carbonyl (C=O) groups is 1. The highest BCUT2D eigenvalue weighted by atomic mass is 16.2. The van der Waals surface area contributed by atoms with Gasteiger partial charge in [0.1, 0.15) is 5.69 Å². The van der Waals surface area contributed by atoms with Gasteiger partial charge in [0, 0.05) is 38.8 Å². The fraction of sp³-hybridized carbons (Fsp3) is 0.500. The van der Waals surface area contributed by atoms with Crippen molar-refractivity contribution in [2.24, 2.45) is 7.05 Å². The van der Waals surface area contributed by atoms with Crippen molar-refractivity contribution in [3.05, 3.63) is 53.3 Å². The van der Waals surface area contributed by atoms with Crippen LogP contribution in [0.1, 0.15) is 48.1 Å². The van der Waals surface area contributed by atoms with E-state index in [2.05, 4.69) is 54.2 Å². The minimum Gasteiger partial charge on any atom is -0.333 e. The first kappa shape index (κ1) is 17.7. The van der Waals surface area contributed by atoms with Crippen molar-refractivity contribution in [3.8, 4) is 0 Å². The molecule has 25 heavy (non-hydrogen) atoms. The molecule has 0 spiro atoms. The van der Waals surface area contributed by atoms with Crippen LogP contribution < -0.4 is 0 Å². The molecule has 1 aromatic heterocycles. The van der Waals surface area contributed by atoms with Crippen molar-refractivity contribution >= 4 is 5.91 Å². The molecular formula is C20H28N4O. The molecule has 0 radical (unpaired) electrons. The molecule has 5 nitrogen and oxygen atoms in total. The zero-order valence-electron chi connectivity index (χ0n) is 15.6. The second-order valence-corrected chi connectivity index (χ2v) is 6.91. The molecule has 1 fully saturated rings. The summed E-state index contributed by atoms with van der Waals surface area (Å²) in [7, 11) is 1.84. The zero-order chi connectivity index (χ0) is 18.0. The van der Waals surface area contributed by atoms with Crippen LogP contribution in [0.5, 0.6) is 0 Å². The Kier molecular flexibility index (Phi) is 5.23. The first-order valence-electron chi connectivity index (χ1n) is 9.11. The number of hydrogen-bond donors (Lipinski definition) is 0. The SMILES string of the molecule is CCN(C(=O)c1cc(C)nn1C)[C@H]1CCN([C@H](C)c2ccccc2)C1. The maximum Gasteiger partial charge on any atom is 0.272 e. The molecule has 2 heterocycles. The Morgan fingerprint density at radius 1 is 1.36 bits per heavy atom. The molecule has 1 aliphatic rings. The molecule has 0 aliphatic carbocycles. The van der Waals surface area contributed by atoms with Gasteiger partial charge in [0.15, 0.2) is 0 Å². The van der Waals surface area contributed by atoms with Crippen LogP contribution in [0.2, 0.25) is 0 Å². The smallest absolute Gasteiger partial charge is 0.272 e. The van der Waals surface area contributed by atoms with Crippen LogP contribution in [0.15, 0.2) is 36.4 Å². The molecule has 3 rings (SSSR count). The predicted molar refractivity (Wildman–Crippen MR) is 99.5 cm³/mol. The summed E-state index contributed by atoms with van der Waals surface area (Å²) in [5, 5.41) is 4.32. The first-order valence-corrected chi connectivity index (χ1v) is 9.11. The zero-order valence-corrected chi connectivity index (χ0v) is 15.6. The number of aromatic nitrogens is 2. The first-order chi connectivity index (χ1) is 12.0. The minimum absolute atomic E-state index is 0.0878. The topological polar surface area (TPSA) is 41.4 Å². The molecule has 134 valence electrons. The highest BCUT2D eigenvalue weighted by molar-refractivity contribution is 5.93. The van der Waals surface area contributed by atoms with Gasteiger partial charge in [-0.05, 0) is 38.8 Å². The van der Waals surface area contributed by atoms with E-state index in [1.165, 1.54) is 5.56 Å². The standard InChI is InChI=1S/C20H28N4O/c1-5-24(20(25)19-13-15(2)21-22(19)4)18-11-12-23(14-18)16(3)17-9-7-6-8-10-17/h6-10,13,16,18H,5,11-12,14H2,1-4H3/t16-,18+/m1/s1. The third-order valence-corrected chi connectivity index (χ3v) is 5.29. The summed E-state index contributed by atoms with van der Waals surface area (Å²) in [6.45, 7) is 8.90. The molecule has 1 amide bonds. The van der Waals surface area contributed by atoms with E-state index in [0.29, 0.717) is 11.7 Å². The summed E-state index contributed by atoms with van der Waals surface area (Å²) >= 11 is 0. The molecule has 1 aliphatic heterocycles. The normalized spacial score (nSPS) is 19.1. The molecular weight excluding hydrogens is 312 g/mol. The lowest BCUT2D eigenvalue weighted by Crippen LogP contribution is -2.42. The lowest BCUT2D eigenvalue weighted by molar-refractivity contribution is 0.0678. The van der Waals surface area contributed by atoms with E-state index in [-0.39, 0.29) is 11.9 Å². The number of hydrogen-bond acceptors (Lipinski definition) is 3. The van der Waals surface area contributed by atoms with Crippen molar-refractivity contribution < 1.29 is 4.79 Å². The van der Waals surface area contributed by atoms with Crippen LogP contribution in [0, 0.1) is 6.92 Å². The van der Waals surface area contributed by atoms with Crippen LogP contribution in [0.3, 0.4) is 0 Å². The van der Waals surface area contributed by atoms with Crippen LogP contribution in [0.25, 0.3) is 0 Å². The van der Waals surface area contributed by atoms with Gasteiger partial charge in [-0.15, -0.1) is 0 Å². The number of aryl methyl sites for hydroxylation is 2. The number of carbonyl (C=O) groups excluding carboxylic acids is 1. The molecule has 0 saturated carbocycles. The number of likely N-dealkylation sites (N-methyl/N-ethyl adjacent to an activating group) is 1. The Bertz CT molecular complexity index is 725. The summed E-state index contributed by atoms with van der Waals surface area (Å²) in [4.78, 5) is 17.5. The Morgan fingerprint density at radius 3 is 2.68 bits per heavy atom. The average molecular weight is 340 g/mol. The van der Waals surface area contributed by atoms with Gasteiger partial charge in [0.25, 0.3) is 5.91 Å². The molecule has 2 atom stereocenters. The molecule has 2 aromatic rings. The molecule has 0 unspecified atom stereocenters. The summed E-state index contributed by atoms with van der Waals surface area (Å²) in [5.74, 6) is 0.0878. The van der Waals surface area contributed by atoms with Crippen LogP contribution in [0.4, 0.5) is 0 Å². The van der Waals surface area contributed by atoms with Crippen molar-refractivity contribution in [1.29, 1.82) is 0 Å². The molecule has 1 aromatic carbocycles.